The van der Waals surface area contributed by atoms with Crippen LogP contribution in [0.15, 0.2) is 0 Å². The molecule has 0 aromatic carbocycles. The Kier molecular flexibility index (Phi) is 3.58. The number of hydrogen-bond donors (Lipinski definition) is 0. The van der Waals surface area contributed by atoms with Gasteiger partial charge in [0.25, 0.3) is 0 Å². The van der Waals surface area contributed by atoms with Gasteiger partial charge in [-0.2, -0.15) is 8.78 Å². The molecule has 26 heavy (non-hydrogen) atoms. The molecule has 16 heteroatoms. The van der Waals surface area contributed by atoms with Crippen LogP contribution in [-0.4, -0.2) is 52.3 Å². The van der Waals surface area contributed by atoms with Gasteiger partial charge >= 0.3 is 59.8 Å². The SMILES string of the molecule is F[C-]1C2(F)C(F)(F)C3(F)C(F)(F)C1(F)C(F)(F)C(F)(C2(F)F)C3(F)F.[Li+]. The monoisotopic (exact) mass is 412 g/mol. The summed E-state index contributed by atoms with van der Waals surface area (Å²) in [4.78, 5) is 0. The Bertz CT molecular complexity index is 581. The Labute approximate surface area is 144 Å². The third kappa shape index (κ3) is 1.16. The van der Waals surface area contributed by atoms with Gasteiger partial charge in [-0.25, -0.2) is 43.9 Å². The molecule has 146 valence electrons. The predicted octanol–water partition coefficient (Wildman–Crippen LogP) is 1.54. The average molecular weight is 412 g/mol. The fourth-order valence-electron chi connectivity index (χ4n) is 3.55. The molecular weight excluding hydrogens is 412 g/mol. The molecule has 4 aliphatic rings. The normalized spacial score (nSPS) is 51.8. The zero-order valence-corrected chi connectivity index (χ0v) is 11.7. The number of alkyl halides is 14. The van der Waals surface area contributed by atoms with Gasteiger partial charge in [0.05, 0.1) is 0 Å². The first-order valence-electron chi connectivity index (χ1n) is 5.83. The van der Waals surface area contributed by atoms with E-state index in [1.54, 1.807) is 0 Å². The van der Waals surface area contributed by atoms with E-state index in [0.717, 1.165) is 0 Å². The van der Waals surface area contributed by atoms with Crippen LogP contribution in [0.3, 0.4) is 0 Å². The van der Waals surface area contributed by atoms with Crippen LogP contribution in [0.1, 0.15) is 0 Å². The molecule has 4 rings (SSSR count). The van der Waals surface area contributed by atoms with Gasteiger partial charge in [-0.05, 0) is 0 Å². The zero-order chi connectivity index (χ0) is 20.1. The van der Waals surface area contributed by atoms with Crippen molar-refractivity contribution in [2.24, 2.45) is 0 Å². The van der Waals surface area contributed by atoms with Gasteiger partial charge in [-0.1, -0.05) is 6.17 Å². The Balaban J connectivity index is 0.00000243. The van der Waals surface area contributed by atoms with Gasteiger partial charge in [-0.15, -0.1) is 0 Å². The van der Waals surface area contributed by atoms with Gasteiger partial charge < -0.3 is 4.39 Å². The smallest absolute Gasteiger partial charge is 0.449 e. The van der Waals surface area contributed by atoms with Crippen LogP contribution < -0.4 is 18.9 Å². The molecule has 4 aliphatic carbocycles. The maximum atomic E-state index is 14.0. The van der Waals surface area contributed by atoms with Crippen molar-refractivity contribution in [3.05, 3.63) is 6.17 Å². The number of halogens is 15. The average Bonchev–Trinajstić information content (AvgIpc) is 2.45. The van der Waals surface area contributed by atoms with Crippen molar-refractivity contribution in [2.75, 3.05) is 0 Å². The Morgan fingerprint density at radius 2 is 0.577 bits per heavy atom. The van der Waals surface area contributed by atoms with Crippen LogP contribution >= 0.6 is 0 Å². The first kappa shape index (κ1) is 21.8. The minimum absolute atomic E-state index is 0. The molecule has 4 fully saturated rings. The molecule has 0 nitrogen and oxygen atoms in total. The van der Waals surface area contributed by atoms with Gasteiger partial charge in [0.2, 0.25) is 0 Å². The Morgan fingerprint density at radius 3 is 0.769 bits per heavy atom. The van der Waals surface area contributed by atoms with E-state index >= 15 is 0 Å². The van der Waals surface area contributed by atoms with Crippen LogP contribution in [0, 0.1) is 6.17 Å². The first-order chi connectivity index (χ1) is 10.7. The molecule has 0 spiro atoms. The van der Waals surface area contributed by atoms with Crippen LogP contribution in [0.5, 0.6) is 0 Å². The number of rotatable bonds is 0. The summed E-state index contributed by atoms with van der Waals surface area (Å²) in [7, 11) is 0. The number of hydrogen-bond acceptors (Lipinski definition) is 0. The van der Waals surface area contributed by atoms with E-state index in [1.807, 2.05) is 0 Å². The molecule has 4 saturated carbocycles. The van der Waals surface area contributed by atoms with Crippen molar-refractivity contribution in [3.63, 3.8) is 0 Å². The van der Waals surface area contributed by atoms with Crippen molar-refractivity contribution in [3.8, 4) is 0 Å². The quantitative estimate of drug-likeness (QED) is 0.322. The molecule has 0 radical (unpaired) electrons. The summed E-state index contributed by atoms with van der Waals surface area (Å²) >= 11 is 0. The summed E-state index contributed by atoms with van der Waals surface area (Å²) in [5.41, 5.74) is -29.5. The van der Waals surface area contributed by atoms with E-state index in [2.05, 4.69) is 0 Å². The maximum Gasteiger partial charge on any atom is 1.00 e. The van der Waals surface area contributed by atoms with Crippen molar-refractivity contribution >= 4 is 0 Å². The van der Waals surface area contributed by atoms with Crippen molar-refractivity contribution < 1.29 is 84.7 Å². The molecular formula is C10F15Li. The van der Waals surface area contributed by atoms with Crippen LogP contribution in [-0.2, 0) is 0 Å². The Morgan fingerprint density at radius 1 is 0.385 bits per heavy atom. The van der Waals surface area contributed by atoms with Crippen molar-refractivity contribution in [2.45, 2.75) is 52.3 Å². The third-order valence-corrected chi connectivity index (χ3v) is 4.93. The van der Waals surface area contributed by atoms with Gasteiger partial charge in [0.15, 0.2) is 11.3 Å². The second kappa shape index (κ2) is 4.26. The molecule has 0 aromatic rings. The standard InChI is InChI=1S/C10F15.Li/c11-1-2(12)6(16,17)4(14)8(20,21)3(1,13)9(22,23)5(15,7(2,18)19)10(4,24)25;/q-1;+1. The third-order valence-electron chi connectivity index (χ3n) is 4.93. The largest absolute Gasteiger partial charge is 1.00 e. The molecule has 4 bridgehead atoms. The van der Waals surface area contributed by atoms with Crippen LogP contribution in [0.4, 0.5) is 65.9 Å². The van der Waals surface area contributed by atoms with Gasteiger partial charge in [0, 0.05) is 0 Å². The molecule has 0 amide bonds. The van der Waals surface area contributed by atoms with Crippen molar-refractivity contribution in [1.29, 1.82) is 0 Å². The van der Waals surface area contributed by atoms with Crippen molar-refractivity contribution in [1.82, 2.24) is 0 Å². The molecule has 0 aliphatic heterocycles. The van der Waals surface area contributed by atoms with Crippen LogP contribution in [0.25, 0.3) is 0 Å². The summed E-state index contributed by atoms with van der Waals surface area (Å²) in [6.45, 7) is 0. The fourth-order valence-corrected chi connectivity index (χ4v) is 3.55. The minimum atomic E-state index is -7.74. The summed E-state index contributed by atoms with van der Waals surface area (Å²) < 4.78 is 205. The minimum Gasteiger partial charge on any atom is -0.449 e. The second-order valence-electron chi connectivity index (χ2n) is 5.82. The summed E-state index contributed by atoms with van der Waals surface area (Å²) in [6, 6.07) is 0. The van der Waals surface area contributed by atoms with E-state index in [9.17, 15) is 65.9 Å². The summed E-state index contributed by atoms with van der Waals surface area (Å²) in [6.07, 6.45) is -4.89. The predicted molar refractivity (Wildman–Crippen MR) is 44.4 cm³/mol. The van der Waals surface area contributed by atoms with Gasteiger partial charge in [0.1, 0.15) is 0 Å². The summed E-state index contributed by atoms with van der Waals surface area (Å²) in [5, 5.41) is 0. The molecule has 0 N–H and O–H groups in total. The second-order valence-corrected chi connectivity index (χ2v) is 5.82. The van der Waals surface area contributed by atoms with E-state index < -0.39 is 58.5 Å². The Hall–Kier alpha value is -0.453. The van der Waals surface area contributed by atoms with E-state index in [1.165, 1.54) is 0 Å². The maximum absolute atomic E-state index is 14.0. The van der Waals surface area contributed by atoms with E-state index in [4.69, 9.17) is 0 Å². The summed E-state index contributed by atoms with van der Waals surface area (Å²) in [5.74, 6) is -37.9. The molecule has 0 aromatic heterocycles. The molecule has 0 unspecified atom stereocenters. The van der Waals surface area contributed by atoms with E-state index in [-0.39, 0.29) is 18.9 Å². The molecule has 0 atom stereocenters. The zero-order valence-electron chi connectivity index (χ0n) is 11.7. The fraction of sp³-hybridized carbons (Fsp3) is 0.900. The van der Waals surface area contributed by atoms with Gasteiger partial charge in [-0.3, -0.25) is 8.78 Å². The first-order valence-corrected chi connectivity index (χ1v) is 5.83. The topological polar surface area (TPSA) is 0 Å². The van der Waals surface area contributed by atoms with E-state index in [0.29, 0.717) is 0 Å². The molecule has 0 heterocycles. The molecule has 0 saturated heterocycles. The van der Waals surface area contributed by atoms with Crippen LogP contribution in [0.2, 0.25) is 0 Å².